The molecule has 3 heterocycles. The predicted molar refractivity (Wildman–Crippen MR) is 139 cm³/mol. The van der Waals surface area contributed by atoms with E-state index < -0.39 is 11.9 Å². The molecule has 2 aromatic heterocycles. The lowest BCUT2D eigenvalue weighted by Crippen LogP contribution is -2.56. The van der Waals surface area contributed by atoms with E-state index in [4.69, 9.17) is 11.6 Å². The van der Waals surface area contributed by atoms with Crippen molar-refractivity contribution in [2.24, 2.45) is 5.92 Å². The van der Waals surface area contributed by atoms with Crippen LogP contribution in [0.15, 0.2) is 30.5 Å². The summed E-state index contributed by atoms with van der Waals surface area (Å²) in [5.41, 5.74) is 3.06. The second-order valence-corrected chi connectivity index (χ2v) is 10.6. The van der Waals surface area contributed by atoms with Gasteiger partial charge in [-0.2, -0.15) is 0 Å². The Morgan fingerprint density at radius 1 is 1.08 bits per heavy atom. The van der Waals surface area contributed by atoms with Crippen LogP contribution in [-0.4, -0.2) is 75.7 Å². The van der Waals surface area contributed by atoms with Crippen molar-refractivity contribution in [2.75, 3.05) is 21.1 Å². The summed E-state index contributed by atoms with van der Waals surface area (Å²) < 4.78 is 0. The number of rotatable bonds is 5. The normalized spacial score (nSPS) is 21.5. The monoisotopic (exact) mass is 523 g/mol. The third kappa shape index (κ3) is 5.30. The number of hydrogen-bond donors (Lipinski definition) is 3. The Morgan fingerprint density at radius 2 is 1.86 bits per heavy atom. The summed E-state index contributed by atoms with van der Waals surface area (Å²) in [5.74, 6) is -0.857. The third-order valence-corrected chi connectivity index (χ3v) is 7.35. The summed E-state index contributed by atoms with van der Waals surface area (Å²) >= 11 is 6.08. The fourth-order valence-electron chi connectivity index (χ4n) is 5.22. The molecule has 3 amide bonds. The van der Waals surface area contributed by atoms with E-state index in [-0.39, 0.29) is 29.6 Å². The van der Waals surface area contributed by atoms with Crippen LogP contribution in [0, 0.1) is 5.92 Å². The number of H-pyrrole nitrogens is 1. The van der Waals surface area contributed by atoms with Gasteiger partial charge in [-0.1, -0.05) is 11.6 Å². The van der Waals surface area contributed by atoms with Crippen LogP contribution in [0.2, 0.25) is 5.02 Å². The van der Waals surface area contributed by atoms with E-state index in [9.17, 15) is 14.4 Å². The topological polar surface area (TPSA) is 123 Å². The summed E-state index contributed by atoms with van der Waals surface area (Å²) in [6.07, 6.45) is 3.26. The minimum Gasteiger partial charge on any atom is -0.351 e. The molecule has 1 fully saturated rings. The van der Waals surface area contributed by atoms with Crippen LogP contribution in [0.25, 0.3) is 10.9 Å². The number of nitrogens with one attached hydrogen (secondary N) is 3. The number of nitrogens with zero attached hydrogens (tertiary/aromatic N) is 4. The summed E-state index contributed by atoms with van der Waals surface area (Å²) in [5, 5.41) is 7.50. The molecule has 0 saturated heterocycles. The minimum atomic E-state index is -0.461. The largest absolute Gasteiger partial charge is 0.351 e. The first kappa shape index (κ1) is 25.2. The number of hydrogen-bond acceptors (Lipinski definition) is 6. The Morgan fingerprint density at radius 3 is 2.65 bits per heavy atom. The Hall–Kier alpha value is -3.50. The lowest BCUT2D eigenvalue weighted by atomic mass is 9.81. The van der Waals surface area contributed by atoms with Crippen LogP contribution < -0.4 is 10.6 Å². The van der Waals surface area contributed by atoms with Crippen molar-refractivity contribution >= 4 is 40.2 Å². The average Bonchev–Trinajstić information content (AvgIpc) is 3.45. The quantitative estimate of drug-likeness (QED) is 0.471. The van der Waals surface area contributed by atoms with E-state index in [1.54, 1.807) is 43.4 Å². The SMILES string of the molecule is CN1Cc2cnc(C(=O)N[C@@H]3C[C@@H](C(=O)N(C)C)CC[C@@H]3NC(=O)c3cc4cc(Cl)ccc4[nH]3)nc2C1. The molecule has 0 spiro atoms. The Kier molecular flexibility index (Phi) is 6.87. The third-order valence-electron chi connectivity index (χ3n) is 7.12. The number of aromatic nitrogens is 3. The zero-order valence-electron chi connectivity index (χ0n) is 21.0. The molecule has 1 saturated carbocycles. The number of fused-ring (bicyclic) bond motifs is 2. The molecule has 5 rings (SSSR count). The molecule has 0 radical (unpaired) electrons. The van der Waals surface area contributed by atoms with Crippen molar-refractivity contribution in [1.29, 1.82) is 0 Å². The molecule has 1 aliphatic heterocycles. The molecular formula is C26H30ClN7O3. The number of benzene rings is 1. The first-order chi connectivity index (χ1) is 17.7. The van der Waals surface area contributed by atoms with Crippen molar-refractivity contribution in [3.63, 3.8) is 0 Å². The molecule has 11 heteroatoms. The fraction of sp³-hybridized carbons (Fsp3) is 0.423. The van der Waals surface area contributed by atoms with E-state index in [0.29, 0.717) is 36.5 Å². The number of aromatic amines is 1. The maximum absolute atomic E-state index is 13.2. The van der Waals surface area contributed by atoms with Gasteiger partial charge < -0.3 is 20.5 Å². The van der Waals surface area contributed by atoms with Crippen LogP contribution in [0.4, 0.5) is 0 Å². The van der Waals surface area contributed by atoms with Gasteiger partial charge in [-0.05, 0) is 50.6 Å². The Bertz CT molecular complexity index is 1370. The molecule has 3 atom stereocenters. The van der Waals surface area contributed by atoms with Crippen molar-refractivity contribution in [1.82, 2.24) is 35.4 Å². The van der Waals surface area contributed by atoms with Gasteiger partial charge >= 0.3 is 0 Å². The van der Waals surface area contributed by atoms with Crippen LogP contribution >= 0.6 is 11.6 Å². The van der Waals surface area contributed by atoms with Gasteiger partial charge in [0.25, 0.3) is 11.8 Å². The van der Waals surface area contributed by atoms with Crippen molar-refractivity contribution < 1.29 is 14.4 Å². The highest BCUT2D eigenvalue weighted by molar-refractivity contribution is 6.31. The highest BCUT2D eigenvalue weighted by Gasteiger charge is 2.37. The van der Waals surface area contributed by atoms with E-state index in [1.807, 2.05) is 13.1 Å². The average molecular weight is 524 g/mol. The van der Waals surface area contributed by atoms with Crippen molar-refractivity contribution in [2.45, 2.75) is 44.4 Å². The standard InChI is InChI=1S/C26H30ClN7O3/c1-33(2)26(37)14-4-6-19(31-24(35)21-10-15-8-17(27)5-7-18(15)29-21)20(9-14)32-25(36)23-28-11-16-12-34(3)13-22(16)30-23/h5,7-8,10-11,14,19-20,29H,4,6,9,12-13H2,1-3H3,(H,31,35)(H,32,36)/t14-,19-,20+/m0/s1. The molecule has 194 valence electrons. The maximum Gasteiger partial charge on any atom is 0.289 e. The number of halogens is 1. The second-order valence-electron chi connectivity index (χ2n) is 10.2. The van der Waals surface area contributed by atoms with Gasteiger partial charge in [0, 0.05) is 66.8 Å². The van der Waals surface area contributed by atoms with Gasteiger partial charge in [-0.3, -0.25) is 19.3 Å². The van der Waals surface area contributed by atoms with Gasteiger partial charge in [0.05, 0.1) is 11.7 Å². The maximum atomic E-state index is 13.2. The Labute approximate surface area is 219 Å². The van der Waals surface area contributed by atoms with Crippen LogP contribution in [-0.2, 0) is 17.9 Å². The number of carbonyl (C=O) groups excluding carboxylic acids is 3. The first-order valence-corrected chi connectivity index (χ1v) is 12.7. The van der Waals surface area contributed by atoms with Crippen LogP contribution in [0.5, 0.6) is 0 Å². The van der Waals surface area contributed by atoms with Crippen molar-refractivity contribution in [3.8, 4) is 0 Å². The Balaban J connectivity index is 1.34. The van der Waals surface area contributed by atoms with Gasteiger partial charge in [0.15, 0.2) is 0 Å². The lowest BCUT2D eigenvalue weighted by molar-refractivity contribution is -0.134. The fourth-order valence-corrected chi connectivity index (χ4v) is 5.40. The molecule has 3 aromatic rings. The van der Waals surface area contributed by atoms with E-state index in [2.05, 4.69) is 30.5 Å². The molecule has 10 nitrogen and oxygen atoms in total. The van der Waals surface area contributed by atoms with Gasteiger partial charge in [-0.15, -0.1) is 0 Å². The molecule has 1 aromatic carbocycles. The molecular weight excluding hydrogens is 494 g/mol. The predicted octanol–water partition coefficient (Wildman–Crippen LogP) is 2.34. The van der Waals surface area contributed by atoms with E-state index in [1.165, 1.54) is 0 Å². The summed E-state index contributed by atoms with van der Waals surface area (Å²) in [6, 6.07) is 6.30. The number of amides is 3. The highest BCUT2D eigenvalue weighted by Crippen LogP contribution is 2.27. The number of carbonyl (C=O) groups is 3. The smallest absolute Gasteiger partial charge is 0.289 e. The molecule has 2 aliphatic rings. The summed E-state index contributed by atoms with van der Waals surface area (Å²) in [7, 11) is 5.43. The first-order valence-electron chi connectivity index (χ1n) is 12.3. The van der Waals surface area contributed by atoms with Gasteiger partial charge in [0.1, 0.15) is 5.69 Å². The summed E-state index contributed by atoms with van der Waals surface area (Å²) in [4.78, 5) is 54.6. The molecule has 0 bridgehead atoms. The zero-order valence-corrected chi connectivity index (χ0v) is 21.8. The zero-order chi connectivity index (χ0) is 26.3. The molecule has 3 N–H and O–H groups in total. The molecule has 0 unspecified atom stereocenters. The molecule has 37 heavy (non-hydrogen) atoms. The van der Waals surface area contributed by atoms with E-state index in [0.717, 1.165) is 28.7 Å². The van der Waals surface area contributed by atoms with Gasteiger partial charge in [0.2, 0.25) is 11.7 Å². The van der Waals surface area contributed by atoms with Crippen LogP contribution in [0.1, 0.15) is 51.6 Å². The lowest BCUT2D eigenvalue weighted by Gasteiger charge is -2.37. The highest BCUT2D eigenvalue weighted by atomic mass is 35.5. The van der Waals surface area contributed by atoms with E-state index >= 15 is 0 Å². The molecule has 1 aliphatic carbocycles. The van der Waals surface area contributed by atoms with Crippen molar-refractivity contribution in [3.05, 3.63) is 58.3 Å². The van der Waals surface area contributed by atoms with Gasteiger partial charge in [-0.25, -0.2) is 9.97 Å². The van der Waals surface area contributed by atoms with Crippen LogP contribution in [0.3, 0.4) is 0 Å². The minimum absolute atomic E-state index is 0.00772. The second kappa shape index (κ2) is 10.1. The summed E-state index contributed by atoms with van der Waals surface area (Å²) in [6.45, 7) is 1.41.